The molecule has 43 heavy (non-hydrogen) atoms. The average molecular weight is 617 g/mol. The molecule has 0 spiro atoms. The van der Waals surface area contributed by atoms with Gasteiger partial charge in [0.15, 0.2) is 0 Å². The number of hydrogen-bond donors (Lipinski definition) is 0. The molecule has 0 rings (SSSR count). The zero-order chi connectivity index (χ0) is 31.2. The molecule has 0 N–H and O–H groups in total. The number of unbranched alkanes of at least 4 members (excludes halogenated alkanes) is 19. The van der Waals surface area contributed by atoms with Crippen LogP contribution >= 0.6 is 0 Å². The van der Waals surface area contributed by atoms with Gasteiger partial charge in [-0.15, -0.1) is 0 Å². The molecular weight excluding hydrogens is 544 g/mol. The van der Waals surface area contributed by atoms with E-state index in [9.17, 15) is 4.79 Å². The highest BCUT2D eigenvalue weighted by atomic mass is 16.6. The average Bonchev–Trinajstić information content (AvgIpc) is 3.01. The van der Waals surface area contributed by atoms with Crippen LogP contribution in [0, 0.1) is 0 Å². The van der Waals surface area contributed by atoms with Gasteiger partial charge >= 0.3 is 5.97 Å². The highest BCUT2D eigenvalue weighted by Gasteiger charge is 2.02. The summed E-state index contributed by atoms with van der Waals surface area (Å²) in [4.78, 5) is 11.6. The molecule has 0 aromatic heterocycles. The Morgan fingerprint density at radius 3 is 0.977 bits per heavy atom. The number of rotatable bonds is 38. The molecule has 0 aliphatic heterocycles. The van der Waals surface area contributed by atoms with Crippen molar-refractivity contribution in [2.75, 3.05) is 72.7 Å². The highest BCUT2D eigenvalue weighted by molar-refractivity contribution is 5.69. The molecule has 0 fully saturated rings. The van der Waals surface area contributed by atoms with Gasteiger partial charge in [0, 0.05) is 13.0 Å². The molecule has 7 heteroatoms. The molecule has 7 nitrogen and oxygen atoms in total. The largest absolute Gasteiger partial charge is 0.463 e. The number of ether oxygens (including phenoxy) is 6. The fourth-order valence-electron chi connectivity index (χ4n) is 4.89. The summed E-state index contributed by atoms with van der Waals surface area (Å²) in [7, 11) is 0. The zero-order valence-corrected chi connectivity index (χ0v) is 28.7. The van der Waals surface area contributed by atoms with Crippen LogP contribution in [0.1, 0.15) is 155 Å². The van der Waals surface area contributed by atoms with Gasteiger partial charge in [0.25, 0.3) is 0 Å². The van der Waals surface area contributed by atoms with E-state index in [1.807, 2.05) is 0 Å². The third kappa shape index (κ3) is 39.2. The molecule has 0 aliphatic carbocycles. The van der Waals surface area contributed by atoms with E-state index in [4.69, 9.17) is 28.4 Å². The van der Waals surface area contributed by atoms with E-state index in [1.54, 1.807) is 0 Å². The smallest absolute Gasteiger partial charge is 0.305 e. The Hall–Kier alpha value is -0.730. The van der Waals surface area contributed by atoms with Crippen molar-refractivity contribution in [1.82, 2.24) is 0 Å². The van der Waals surface area contributed by atoms with E-state index < -0.39 is 0 Å². The number of carbonyl (C=O) groups excluding carboxylic acids is 1. The van der Waals surface area contributed by atoms with Gasteiger partial charge in [-0.2, -0.15) is 0 Å². The first-order chi connectivity index (χ1) is 21.3. The molecule has 0 aliphatic rings. The maximum atomic E-state index is 11.6. The molecule has 0 unspecified atom stereocenters. The van der Waals surface area contributed by atoms with Gasteiger partial charge in [0.1, 0.15) is 6.61 Å². The van der Waals surface area contributed by atoms with Crippen molar-refractivity contribution in [3.63, 3.8) is 0 Å². The third-order valence-corrected chi connectivity index (χ3v) is 7.61. The summed E-state index contributed by atoms with van der Waals surface area (Å²) >= 11 is 0. The first kappa shape index (κ1) is 42.3. The maximum Gasteiger partial charge on any atom is 0.305 e. The second-order valence-electron chi connectivity index (χ2n) is 11.7. The topological polar surface area (TPSA) is 72.5 Å². The minimum atomic E-state index is -0.129. The lowest BCUT2D eigenvalue weighted by atomic mass is 10.0. The fraction of sp³-hybridized carbons (Fsp3) is 0.972. The summed E-state index contributed by atoms with van der Waals surface area (Å²) in [6, 6.07) is 0. The first-order valence-electron chi connectivity index (χ1n) is 18.4. The second kappa shape index (κ2) is 39.3. The van der Waals surface area contributed by atoms with E-state index >= 15 is 0 Å². The van der Waals surface area contributed by atoms with Crippen LogP contribution in [0.3, 0.4) is 0 Å². The van der Waals surface area contributed by atoms with Gasteiger partial charge < -0.3 is 28.4 Å². The van der Waals surface area contributed by atoms with Crippen molar-refractivity contribution in [2.45, 2.75) is 155 Å². The van der Waals surface area contributed by atoms with Crippen molar-refractivity contribution in [3.8, 4) is 0 Å². The third-order valence-electron chi connectivity index (χ3n) is 7.61. The van der Waals surface area contributed by atoms with Gasteiger partial charge in [-0.1, -0.05) is 136 Å². The van der Waals surface area contributed by atoms with Crippen molar-refractivity contribution < 1.29 is 33.2 Å². The molecule has 0 saturated heterocycles. The van der Waals surface area contributed by atoms with E-state index in [-0.39, 0.29) is 5.97 Å². The van der Waals surface area contributed by atoms with Gasteiger partial charge in [-0.25, -0.2) is 0 Å². The predicted molar refractivity (Wildman–Crippen MR) is 178 cm³/mol. The van der Waals surface area contributed by atoms with Crippen LogP contribution in [0.15, 0.2) is 0 Å². The summed E-state index contributed by atoms with van der Waals surface area (Å²) in [5.74, 6) is -0.129. The van der Waals surface area contributed by atoms with Crippen LogP contribution in [0.4, 0.5) is 0 Å². The summed E-state index contributed by atoms with van der Waals surface area (Å²) < 4.78 is 32.8. The Balaban J connectivity index is 3.08. The Morgan fingerprint density at radius 2 is 0.605 bits per heavy atom. The van der Waals surface area contributed by atoms with Crippen LogP contribution in [0.2, 0.25) is 0 Å². The fourth-order valence-corrected chi connectivity index (χ4v) is 4.89. The monoisotopic (exact) mass is 617 g/mol. The normalized spacial score (nSPS) is 11.4. The van der Waals surface area contributed by atoms with Crippen molar-refractivity contribution in [2.24, 2.45) is 0 Å². The maximum absolute atomic E-state index is 11.6. The molecular formula is C36H72O7. The summed E-state index contributed by atoms with van der Waals surface area (Å²) in [6.45, 7) is 10.5. The Bertz CT molecular complexity index is 518. The summed E-state index contributed by atoms with van der Waals surface area (Å²) in [5, 5.41) is 0. The number of hydrogen-bond acceptors (Lipinski definition) is 7. The molecule has 0 atom stereocenters. The van der Waals surface area contributed by atoms with Crippen LogP contribution in [0.5, 0.6) is 0 Å². The quantitative estimate of drug-likeness (QED) is 0.0506. The molecule has 0 bridgehead atoms. The SMILES string of the molecule is CCCCCCCCCCCCCCCCCCOCCOCCOCCOCCOCCOC(=O)CCCCCCC. The Morgan fingerprint density at radius 1 is 0.326 bits per heavy atom. The van der Waals surface area contributed by atoms with Gasteiger partial charge in [0.2, 0.25) is 0 Å². The van der Waals surface area contributed by atoms with Crippen molar-refractivity contribution >= 4 is 5.97 Å². The standard InChI is InChI=1S/C36H72O7/c1-3-5-7-9-10-11-12-13-14-15-16-17-18-19-21-23-25-38-26-27-39-28-29-40-30-31-41-32-33-42-34-35-43-36(37)24-22-20-8-6-4-2/h3-35H2,1-2H3. The van der Waals surface area contributed by atoms with E-state index in [2.05, 4.69) is 13.8 Å². The van der Waals surface area contributed by atoms with E-state index in [1.165, 1.54) is 116 Å². The van der Waals surface area contributed by atoms with E-state index in [0.29, 0.717) is 72.5 Å². The highest BCUT2D eigenvalue weighted by Crippen LogP contribution is 2.13. The molecule has 0 radical (unpaired) electrons. The van der Waals surface area contributed by atoms with Gasteiger partial charge in [0.05, 0.1) is 59.5 Å². The molecule has 0 heterocycles. The zero-order valence-electron chi connectivity index (χ0n) is 28.7. The Labute approximate surface area is 266 Å². The van der Waals surface area contributed by atoms with Crippen molar-refractivity contribution in [3.05, 3.63) is 0 Å². The van der Waals surface area contributed by atoms with Gasteiger partial charge in [-0.05, 0) is 12.8 Å². The molecule has 258 valence electrons. The molecule has 0 amide bonds. The Kier molecular flexibility index (Phi) is 38.6. The van der Waals surface area contributed by atoms with Crippen LogP contribution in [-0.2, 0) is 33.2 Å². The van der Waals surface area contributed by atoms with Crippen LogP contribution in [0.25, 0.3) is 0 Å². The second-order valence-corrected chi connectivity index (χ2v) is 11.7. The molecule has 0 aromatic carbocycles. The lowest BCUT2D eigenvalue weighted by molar-refractivity contribution is -0.145. The molecule has 0 aromatic rings. The first-order valence-corrected chi connectivity index (χ1v) is 18.4. The summed E-state index contributed by atoms with van der Waals surface area (Å²) in [6.07, 6.45) is 28.4. The van der Waals surface area contributed by atoms with Crippen LogP contribution < -0.4 is 0 Å². The van der Waals surface area contributed by atoms with Crippen LogP contribution in [-0.4, -0.2) is 78.6 Å². The predicted octanol–water partition coefficient (Wildman–Crippen LogP) is 9.23. The van der Waals surface area contributed by atoms with E-state index in [0.717, 1.165) is 25.9 Å². The number of esters is 1. The lowest BCUT2D eigenvalue weighted by Crippen LogP contribution is -2.15. The number of carbonyl (C=O) groups is 1. The minimum absolute atomic E-state index is 0.129. The minimum Gasteiger partial charge on any atom is -0.463 e. The summed E-state index contributed by atoms with van der Waals surface area (Å²) in [5.41, 5.74) is 0. The lowest BCUT2D eigenvalue weighted by Gasteiger charge is -2.08. The van der Waals surface area contributed by atoms with Gasteiger partial charge in [-0.3, -0.25) is 4.79 Å². The van der Waals surface area contributed by atoms with Crippen molar-refractivity contribution in [1.29, 1.82) is 0 Å². The molecule has 0 saturated carbocycles.